The molecule has 3 aromatic heterocycles. The molecule has 5 rings (SSSR count). The lowest BCUT2D eigenvalue weighted by Gasteiger charge is -2.14. The third-order valence-electron chi connectivity index (χ3n) is 5.18. The molecule has 26 heavy (non-hydrogen) atoms. The average Bonchev–Trinajstić information content (AvgIpc) is 3.34. The second kappa shape index (κ2) is 5.14. The molecule has 0 radical (unpaired) electrons. The molecule has 1 aromatic carbocycles. The number of fused-ring (bicyclic) bond motifs is 2. The summed E-state index contributed by atoms with van der Waals surface area (Å²) in [4.78, 5) is 20.0. The van der Waals surface area contributed by atoms with Crippen LogP contribution in [0, 0.1) is 12.7 Å². The summed E-state index contributed by atoms with van der Waals surface area (Å²) in [6, 6.07) is 2.98. The van der Waals surface area contributed by atoms with Crippen molar-refractivity contribution in [2.75, 3.05) is 5.73 Å². The third kappa shape index (κ3) is 2.00. The van der Waals surface area contributed by atoms with E-state index in [2.05, 4.69) is 20.2 Å². The molecule has 4 N–H and O–H groups in total. The molecule has 1 fully saturated rings. The van der Waals surface area contributed by atoms with Crippen LogP contribution in [0.3, 0.4) is 0 Å². The van der Waals surface area contributed by atoms with E-state index in [1.807, 2.05) is 6.92 Å². The SMILES string of the molecule is Cc1c(C2CC2)ncc2c(-c3ccc(F)c4[nH]ncc34)c(N)c(=O)[nH]c12. The normalized spacial score (nSPS) is 14.4. The molecule has 6 nitrogen and oxygen atoms in total. The molecule has 1 saturated carbocycles. The van der Waals surface area contributed by atoms with Gasteiger partial charge in [-0.3, -0.25) is 14.9 Å². The number of benzene rings is 1. The highest BCUT2D eigenvalue weighted by atomic mass is 19.1. The zero-order valence-electron chi connectivity index (χ0n) is 14.1. The van der Waals surface area contributed by atoms with E-state index in [1.165, 1.54) is 6.07 Å². The molecule has 0 aliphatic heterocycles. The van der Waals surface area contributed by atoms with Gasteiger partial charge in [0.05, 0.1) is 11.7 Å². The smallest absolute Gasteiger partial charge is 0.272 e. The highest BCUT2D eigenvalue weighted by molar-refractivity contribution is 6.07. The van der Waals surface area contributed by atoms with E-state index in [1.54, 1.807) is 18.5 Å². The molecular formula is C19H16FN5O. The van der Waals surface area contributed by atoms with Gasteiger partial charge in [0.1, 0.15) is 17.0 Å². The Morgan fingerprint density at radius 3 is 2.77 bits per heavy atom. The van der Waals surface area contributed by atoms with Crippen molar-refractivity contribution in [3.63, 3.8) is 0 Å². The number of anilines is 1. The number of rotatable bonds is 2. The van der Waals surface area contributed by atoms with Crippen molar-refractivity contribution in [1.82, 2.24) is 20.2 Å². The monoisotopic (exact) mass is 349 g/mol. The summed E-state index contributed by atoms with van der Waals surface area (Å²) < 4.78 is 14.0. The van der Waals surface area contributed by atoms with E-state index in [0.717, 1.165) is 35.0 Å². The van der Waals surface area contributed by atoms with Crippen molar-refractivity contribution in [2.24, 2.45) is 0 Å². The number of aromatic nitrogens is 4. The lowest BCUT2D eigenvalue weighted by molar-refractivity contribution is 0.636. The van der Waals surface area contributed by atoms with Crippen molar-refractivity contribution in [3.05, 3.63) is 52.0 Å². The van der Waals surface area contributed by atoms with Gasteiger partial charge in [-0.1, -0.05) is 6.07 Å². The number of hydrogen-bond donors (Lipinski definition) is 3. The molecule has 1 aliphatic carbocycles. The van der Waals surface area contributed by atoms with Gasteiger partial charge in [0.25, 0.3) is 5.56 Å². The van der Waals surface area contributed by atoms with Gasteiger partial charge < -0.3 is 10.7 Å². The Morgan fingerprint density at radius 2 is 2.00 bits per heavy atom. The summed E-state index contributed by atoms with van der Waals surface area (Å²) in [6.07, 6.45) is 5.55. The number of aromatic amines is 2. The van der Waals surface area contributed by atoms with E-state index in [4.69, 9.17) is 5.73 Å². The minimum atomic E-state index is -0.403. The third-order valence-corrected chi connectivity index (χ3v) is 5.18. The fourth-order valence-corrected chi connectivity index (χ4v) is 3.69. The number of pyridine rings is 2. The number of H-pyrrole nitrogens is 2. The quantitative estimate of drug-likeness (QED) is 0.516. The molecule has 0 unspecified atom stereocenters. The maximum Gasteiger partial charge on any atom is 0.272 e. The Labute approximate surface area is 147 Å². The standard InChI is InChI=1S/C19H16FN5O/c1-8-16(9-2-3-9)22-6-12-14(15(21)19(26)24-17(8)12)10-4-5-13(20)18-11(10)7-23-25-18/h4-7,9H,2-3,21H2,1H3,(H,23,25)(H,24,26). The van der Waals surface area contributed by atoms with Crippen LogP contribution in [0.25, 0.3) is 32.9 Å². The van der Waals surface area contributed by atoms with Crippen LogP contribution in [0.5, 0.6) is 0 Å². The van der Waals surface area contributed by atoms with Gasteiger partial charge in [-0.2, -0.15) is 5.10 Å². The van der Waals surface area contributed by atoms with E-state index in [0.29, 0.717) is 22.4 Å². The van der Waals surface area contributed by atoms with Crippen molar-refractivity contribution in [1.29, 1.82) is 0 Å². The predicted octanol–water partition coefficient (Wildman–Crippen LogP) is 3.37. The Bertz CT molecular complexity index is 1250. The van der Waals surface area contributed by atoms with Crippen LogP contribution in [0.4, 0.5) is 10.1 Å². The first-order valence-corrected chi connectivity index (χ1v) is 8.49. The van der Waals surface area contributed by atoms with Crippen molar-refractivity contribution in [3.8, 4) is 11.1 Å². The van der Waals surface area contributed by atoms with Gasteiger partial charge in [0, 0.05) is 34.1 Å². The van der Waals surface area contributed by atoms with Crippen molar-refractivity contribution >= 4 is 27.5 Å². The maximum absolute atomic E-state index is 14.0. The van der Waals surface area contributed by atoms with E-state index in [-0.39, 0.29) is 16.8 Å². The number of nitrogen functional groups attached to an aromatic ring is 1. The number of nitrogens with zero attached hydrogens (tertiary/aromatic N) is 2. The Kier molecular flexibility index (Phi) is 2.98. The summed E-state index contributed by atoms with van der Waals surface area (Å²) in [7, 11) is 0. The molecule has 0 saturated heterocycles. The minimum Gasteiger partial charge on any atom is -0.394 e. The summed E-state index contributed by atoms with van der Waals surface area (Å²) in [6.45, 7) is 1.97. The van der Waals surface area contributed by atoms with Gasteiger partial charge in [-0.25, -0.2) is 4.39 Å². The van der Waals surface area contributed by atoms with Crippen LogP contribution in [-0.2, 0) is 0 Å². The lowest BCUT2D eigenvalue weighted by atomic mass is 9.96. The van der Waals surface area contributed by atoms with Gasteiger partial charge >= 0.3 is 0 Å². The zero-order valence-corrected chi connectivity index (χ0v) is 14.1. The molecular weight excluding hydrogens is 333 g/mol. The molecule has 0 atom stereocenters. The topological polar surface area (TPSA) is 100 Å². The van der Waals surface area contributed by atoms with Gasteiger partial charge in [-0.05, 0) is 37.0 Å². The summed E-state index contributed by atoms with van der Waals surface area (Å²) in [5.41, 5.74) is 10.1. The molecule has 0 bridgehead atoms. The molecule has 0 amide bonds. The average molecular weight is 349 g/mol. The zero-order chi connectivity index (χ0) is 18.0. The second-order valence-corrected chi connectivity index (χ2v) is 6.83. The minimum absolute atomic E-state index is 0.0898. The van der Waals surface area contributed by atoms with Crippen molar-refractivity contribution < 1.29 is 4.39 Å². The fraction of sp³-hybridized carbons (Fsp3) is 0.211. The molecule has 4 aromatic rings. The van der Waals surface area contributed by atoms with E-state index in [9.17, 15) is 9.18 Å². The first kappa shape index (κ1) is 15.1. The van der Waals surface area contributed by atoms with Crippen molar-refractivity contribution in [2.45, 2.75) is 25.7 Å². The highest BCUT2D eigenvalue weighted by Crippen LogP contribution is 2.43. The van der Waals surface area contributed by atoms with E-state index < -0.39 is 5.82 Å². The number of nitrogens with two attached hydrogens (primary N) is 1. The van der Waals surface area contributed by atoms with Gasteiger partial charge in [0.2, 0.25) is 0 Å². The molecule has 7 heteroatoms. The van der Waals surface area contributed by atoms with E-state index >= 15 is 0 Å². The first-order valence-electron chi connectivity index (χ1n) is 8.49. The van der Waals surface area contributed by atoms with Crippen LogP contribution in [0.1, 0.15) is 30.0 Å². The Hall–Kier alpha value is -3.22. The summed E-state index contributed by atoms with van der Waals surface area (Å²) in [5, 5.41) is 7.92. The molecule has 0 spiro atoms. The van der Waals surface area contributed by atoms with Crippen LogP contribution in [-0.4, -0.2) is 20.2 Å². The Morgan fingerprint density at radius 1 is 1.19 bits per heavy atom. The summed E-state index contributed by atoms with van der Waals surface area (Å²) >= 11 is 0. The maximum atomic E-state index is 14.0. The van der Waals surface area contributed by atoms with Crippen LogP contribution >= 0.6 is 0 Å². The van der Waals surface area contributed by atoms with Crippen LogP contribution in [0.2, 0.25) is 0 Å². The largest absolute Gasteiger partial charge is 0.394 e. The lowest BCUT2D eigenvalue weighted by Crippen LogP contribution is -2.14. The number of aryl methyl sites for hydroxylation is 1. The molecule has 1 aliphatic rings. The van der Waals surface area contributed by atoms with Crippen LogP contribution < -0.4 is 11.3 Å². The Balaban J connectivity index is 1.91. The van der Waals surface area contributed by atoms with Crippen LogP contribution in [0.15, 0.2) is 29.3 Å². The fourth-order valence-electron chi connectivity index (χ4n) is 3.69. The van der Waals surface area contributed by atoms with Gasteiger partial charge in [-0.15, -0.1) is 0 Å². The number of nitrogens with one attached hydrogen (secondary N) is 2. The second-order valence-electron chi connectivity index (χ2n) is 6.83. The summed E-state index contributed by atoms with van der Waals surface area (Å²) in [5.74, 6) is 0.0644. The first-order chi connectivity index (χ1) is 12.6. The number of halogens is 1. The van der Waals surface area contributed by atoms with Gasteiger partial charge in [0.15, 0.2) is 0 Å². The predicted molar refractivity (Wildman–Crippen MR) is 98.5 cm³/mol. The number of hydrogen-bond acceptors (Lipinski definition) is 4. The highest BCUT2D eigenvalue weighted by Gasteiger charge is 2.28. The molecule has 130 valence electrons. The molecule has 3 heterocycles.